The van der Waals surface area contributed by atoms with Crippen LogP contribution in [0, 0.1) is 6.92 Å². The molecule has 2 aromatic rings. The van der Waals surface area contributed by atoms with Crippen LogP contribution in [0.5, 0.6) is 0 Å². The Hall–Kier alpha value is -2.57. The first-order valence-corrected chi connectivity index (χ1v) is 9.71. The molecule has 0 bridgehead atoms. The molecule has 0 atom stereocenters. The smallest absolute Gasteiger partial charge is 0.289 e. The lowest BCUT2D eigenvalue weighted by Crippen LogP contribution is -2.33. The van der Waals surface area contributed by atoms with Gasteiger partial charge in [-0.15, -0.1) is 0 Å². The van der Waals surface area contributed by atoms with Crippen molar-refractivity contribution in [3.05, 3.63) is 28.8 Å². The first-order valence-electron chi connectivity index (χ1n) is 9.71. The third-order valence-corrected chi connectivity index (χ3v) is 5.26. The monoisotopic (exact) mass is 370 g/mol. The Kier molecular flexibility index (Phi) is 4.53. The van der Waals surface area contributed by atoms with Crippen LogP contribution in [0.2, 0.25) is 0 Å². The van der Waals surface area contributed by atoms with E-state index < -0.39 is 0 Å². The lowest BCUT2D eigenvalue weighted by atomic mass is 9.93. The van der Waals surface area contributed by atoms with Crippen molar-refractivity contribution in [2.45, 2.75) is 59.0 Å². The fourth-order valence-electron chi connectivity index (χ4n) is 4.03. The number of hydrogen-bond donors (Lipinski definition) is 1. The Bertz CT molecular complexity index is 887. The van der Waals surface area contributed by atoms with Crippen molar-refractivity contribution in [3.8, 4) is 11.3 Å². The standard InChI is InChI=1S/C20H26N4O3/c1-12(2)21-16(25)11-24-10-14-6-7-15-17(18(14)22-24)13(3)19(27-15)20(26)23-8-4-5-9-23/h10,12H,4-9,11H2,1-3H3,(H,21,25). The van der Waals surface area contributed by atoms with Crippen LogP contribution in [0.3, 0.4) is 0 Å². The van der Waals surface area contributed by atoms with Crippen LogP contribution >= 0.6 is 0 Å². The largest absolute Gasteiger partial charge is 0.455 e. The van der Waals surface area contributed by atoms with E-state index in [0.29, 0.717) is 5.76 Å². The SMILES string of the molecule is Cc1c(C(=O)N2CCCC2)oc2c1-c1nn(CC(=O)NC(C)C)cc1CC2. The van der Waals surface area contributed by atoms with E-state index in [9.17, 15) is 9.59 Å². The van der Waals surface area contributed by atoms with E-state index in [1.165, 1.54) is 0 Å². The number of rotatable bonds is 4. The Morgan fingerprint density at radius 3 is 2.70 bits per heavy atom. The molecule has 0 radical (unpaired) electrons. The maximum atomic E-state index is 12.8. The molecule has 7 nitrogen and oxygen atoms in total. The van der Waals surface area contributed by atoms with Crippen LogP contribution in [0.4, 0.5) is 0 Å². The Morgan fingerprint density at radius 2 is 2.00 bits per heavy atom. The molecule has 2 amide bonds. The summed E-state index contributed by atoms with van der Waals surface area (Å²) in [6, 6.07) is 0.101. The van der Waals surface area contributed by atoms with E-state index in [1.54, 1.807) is 4.68 Å². The summed E-state index contributed by atoms with van der Waals surface area (Å²) in [5.74, 6) is 1.21. The molecule has 1 fully saturated rings. The van der Waals surface area contributed by atoms with Gasteiger partial charge in [-0.05, 0) is 45.6 Å². The summed E-state index contributed by atoms with van der Waals surface area (Å²) in [7, 11) is 0. The van der Waals surface area contributed by atoms with Crippen molar-refractivity contribution in [1.29, 1.82) is 0 Å². The van der Waals surface area contributed by atoms with Crippen LogP contribution in [-0.2, 0) is 24.2 Å². The second-order valence-corrected chi connectivity index (χ2v) is 7.78. The molecular weight excluding hydrogens is 344 g/mol. The van der Waals surface area contributed by atoms with Gasteiger partial charge in [0.2, 0.25) is 5.91 Å². The molecule has 0 spiro atoms. The fourth-order valence-corrected chi connectivity index (χ4v) is 4.03. The number of likely N-dealkylation sites (tertiary alicyclic amines) is 1. The molecule has 144 valence electrons. The number of amides is 2. The van der Waals surface area contributed by atoms with E-state index in [2.05, 4.69) is 10.4 Å². The fraction of sp³-hybridized carbons (Fsp3) is 0.550. The minimum atomic E-state index is -0.0566. The molecule has 1 N–H and O–H groups in total. The van der Waals surface area contributed by atoms with E-state index >= 15 is 0 Å². The quantitative estimate of drug-likeness (QED) is 0.896. The minimum Gasteiger partial charge on any atom is -0.455 e. The number of aryl methyl sites for hydroxylation is 2. The average Bonchev–Trinajstić information content (AvgIpc) is 3.31. The number of carbonyl (C=O) groups excluding carboxylic acids is 2. The van der Waals surface area contributed by atoms with Gasteiger partial charge in [-0.3, -0.25) is 14.3 Å². The van der Waals surface area contributed by atoms with Crippen LogP contribution in [-0.4, -0.2) is 45.6 Å². The molecule has 4 rings (SSSR count). The Morgan fingerprint density at radius 1 is 1.26 bits per heavy atom. The molecular formula is C20H26N4O3. The van der Waals surface area contributed by atoms with Crippen LogP contribution < -0.4 is 5.32 Å². The molecule has 1 aliphatic heterocycles. The van der Waals surface area contributed by atoms with Gasteiger partial charge in [0.05, 0.1) is 5.69 Å². The average molecular weight is 370 g/mol. The number of aromatic nitrogens is 2. The number of nitrogens with one attached hydrogen (secondary N) is 1. The summed E-state index contributed by atoms with van der Waals surface area (Å²) < 4.78 is 7.68. The van der Waals surface area contributed by atoms with Crippen LogP contribution in [0.25, 0.3) is 11.3 Å². The predicted molar refractivity (Wildman–Crippen MR) is 100 cm³/mol. The van der Waals surface area contributed by atoms with Gasteiger partial charge in [-0.25, -0.2) is 0 Å². The highest BCUT2D eigenvalue weighted by atomic mass is 16.4. The van der Waals surface area contributed by atoms with E-state index in [4.69, 9.17) is 4.42 Å². The number of carbonyl (C=O) groups is 2. The summed E-state index contributed by atoms with van der Waals surface area (Å²) in [6.45, 7) is 7.60. The highest BCUT2D eigenvalue weighted by Crippen LogP contribution is 2.38. The predicted octanol–water partition coefficient (Wildman–Crippen LogP) is 2.31. The number of nitrogens with zero attached hydrogens (tertiary/aromatic N) is 3. The van der Waals surface area contributed by atoms with Crippen LogP contribution in [0.1, 0.15) is 54.1 Å². The molecule has 0 unspecified atom stereocenters. The van der Waals surface area contributed by atoms with Gasteiger partial charge in [0.15, 0.2) is 5.76 Å². The van der Waals surface area contributed by atoms with Gasteiger partial charge in [-0.1, -0.05) is 0 Å². The second-order valence-electron chi connectivity index (χ2n) is 7.78. The highest BCUT2D eigenvalue weighted by Gasteiger charge is 2.32. The lowest BCUT2D eigenvalue weighted by molar-refractivity contribution is -0.122. The van der Waals surface area contributed by atoms with Crippen molar-refractivity contribution in [2.24, 2.45) is 0 Å². The molecule has 2 aliphatic rings. The zero-order valence-electron chi connectivity index (χ0n) is 16.2. The normalized spacial score (nSPS) is 15.8. The molecule has 0 saturated carbocycles. The summed E-state index contributed by atoms with van der Waals surface area (Å²) in [6.07, 6.45) is 5.60. The zero-order valence-corrected chi connectivity index (χ0v) is 16.2. The Balaban J connectivity index is 1.63. The molecule has 7 heteroatoms. The third kappa shape index (κ3) is 3.26. The second kappa shape index (κ2) is 6.87. The van der Waals surface area contributed by atoms with Crippen molar-refractivity contribution in [3.63, 3.8) is 0 Å². The third-order valence-electron chi connectivity index (χ3n) is 5.26. The topological polar surface area (TPSA) is 80.4 Å². The first-order chi connectivity index (χ1) is 12.9. The molecule has 1 saturated heterocycles. The highest BCUT2D eigenvalue weighted by molar-refractivity contribution is 5.95. The van der Waals surface area contributed by atoms with Crippen molar-refractivity contribution < 1.29 is 14.0 Å². The zero-order chi connectivity index (χ0) is 19.1. The van der Waals surface area contributed by atoms with Crippen molar-refractivity contribution >= 4 is 11.8 Å². The van der Waals surface area contributed by atoms with Gasteiger partial charge in [0.1, 0.15) is 12.3 Å². The maximum absolute atomic E-state index is 12.8. The van der Waals surface area contributed by atoms with E-state index in [0.717, 1.165) is 66.9 Å². The number of hydrogen-bond acceptors (Lipinski definition) is 4. The molecule has 27 heavy (non-hydrogen) atoms. The molecule has 2 aromatic heterocycles. The summed E-state index contributed by atoms with van der Waals surface area (Å²) >= 11 is 0. The minimum absolute atomic E-state index is 0.0170. The summed E-state index contributed by atoms with van der Waals surface area (Å²) in [5, 5.41) is 7.53. The lowest BCUT2D eigenvalue weighted by Gasteiger charge is -2.13. The summed E-state index contributed by atoms with van der Waals surface area (Å²) in [4.78, 5) is 26.7. The molecule has 0 aromatic carbocycles. The van der Waals surface area contributed by atoms with Crippen molar-refractivity contribution in [2.75, 3.05) is 13.1 Å². The van der Waals surface area contributed by atoms with Crippen molar-refractivity contribution in [1.82, 2.24) is 20.0 Å². The van der Waals surface area contributed by atoms with Gasteiger partial charge in [0, 0.05) is 42.9 Å². The van der Waals surface area contributed by atoms with E-state index in [1.807, 2.05) is 31.9 Å². The number of furan rings is 1. The van der Waals surface area contributed by atoms with Gasteiger partial charge >= 0.3 is 0 Å². The Labute approximate surface area is 158 Å². The van der Waals surface area contributed by atoms with Gasteiger partial charge in [0.25, 0.3) is 5.91 Å². The summed E-state index contributed by atoms with van der Waals surface area (Å²) in [5.41, 5.74) is 3.74. The first kappa shape index (κ1) is 17.8. The van der Waals surface area contributed by atoms with Gasteiger partial charge in [-0.2, -0.15) is 5.10 Å². The van der Waals surface area contributed by atoms with E-state index in [-0.39, 0.29) is 24.4 Å². The molecule has 3 heterocycles. The molecule has 1 aliphatic carbocycles. The maximum Gasteiger partial charge on any atom is 0.289 e. The van der Waals surface area contributed by atoms with Crippen LogP contribution in [0.15, 0.2) is 10.6 Å². The number of fused-ring (bicyclic) bond motifs is 3. The van der Waals surface area contributed by atoms with Gasteiger partial charge < -0.3 is 14.6 Å².